The summed E-state index contributed by atoms with van der Waals surface area (Å²) in [6.45, 7) is 0.692. The van der Waals surface area contributed by atoms with Gasteiger partial charge in [0.1, 0.15) is 0 Å². The summed E-state index contributed by atoms with van der Waals surface area (Å²) < 4.78 is 45.5. The highest BCUT2D eigenvalue weighted by Crippen LogP contribution is 2.34. The predicted molar refractivity (Wildman–Crippen MR) is 77.2 cm³/mol. The van der Waals surface area contributed by atoms with Crippen molar-refractivity contribution in [3.63, 3.8) is 0 Å². The van der Waals surface area contributed by atoms with Crippen LogP contribution in [-0.4, -0.2) is 28.8 Å². The van der Waals surface area contributed by atoms with Gasteiger partial charge in [-0.25, -0.2) is 0 Å². The van der Waals surface area contributed by atoms with Gasteiger partial charge >= 0.3 is 6.18 Å². The number of nitrogens with zero attached hydrogens (tertiary/aromatic N) is 2. The summed E-state index contributed by atoms with van der Waals surface area (Å²) in [4.78, 5) is 11.8. The molecule has 3 rings (SSSR count). The summed E-state index contributed by atoms with van der Waals surface area (Å²) >= 11 is 1.41. The molecule has 1 N–H and O–H groups in total. The number of hydrogen-bond acceptors (Lipinski definition) is 4. The number of rotatable bonds is 4. The number of amides is 1. The Bertz CT molecular complexity index is 695. The standard InChI is InChI=1S/C14H14F3N3O2S/c15-14(16,17)12-10-7-22-5-1-11(10)20(19-12)4-3-18-13(21)9-2-6-23-8-9/h2,6,8H,1,3-5,7H2,(H,18,21). The van der Waals surface area contributed by atoms with Crippen LogP contribution >= 0.6 is 11.3 Å². The molecule has 1 aliphatic rings. The van der Waals surface area contributed by atoms with Crippen molar-refractivity contribution < 1.29 is 22.7 Å². The number of alkyl halides is 3. The van der Waals surface area contributed by atoms with Gasteiger partial charge in [0.25, 0.3) is 5.91 Å². The fourth-order valence-corrected chi connectivity index (χ4v) is 3.13. The van der Waals surface area contributed by atoms with E-state index in [1.165, 1.54) is 16.0 Å². The maximum absolute atomic E-state index is 13.0. The molecule has 0 saturated carbocycles. The molecule has 9 heteroatoms. The molecular weight excluding hydrogens is 331 g/mol. The van der Waals surface area contributed by atoms with Gasteiger partial charge in [0, 0.05) is 35.2 Å². The maximum atomic E-state index is 13.0. The van der Waals surface area contributed by atoms with Crippen LogP contribution in [-0.2, 0) is 30.5 Å². The molecule has 0 unspecified atom stereocenters. The van der Waals surface area contributed by atoms with E-state index in [0.717, 1.165) is 0 Å². The molecule has 0 aliphatic carbocycles. The summed E-state index contributed by atoms with van der Waals surface area (Å²) in [5.41, 5.74) is 0.291. The molecule has 2 aromatic rings. The molecule has 5 nitrogen and oxygen atoms in total. The van der Waals surface area contributed by atoms with Crippen LogP contribution in [0.1, 0.15) is 27.3 Å². The molecule has 3 heterocycles. The Labute approximate surface area is 134 Å². The van der Waals surface area contributed by atoms with Gasteiger partial charge in [0.05, 0.1) is 19.8 Å². The first-order chi connectivity index (χ1) is 11.0. The van der Waals surface area contributed by atoms with Crippen molar-refractivity contribution in [3.8, 4) is 0 Å². The van der Waals surface area contributed by atoms with Gasteiger partial charge in [-0.15, -0.1) is 0 Å². The Balaban J connectivity index is 1.70. The lowest BCUT2D eigenvalue weighted by molar-refractivity contribution is -0.142. The van der Waals surface area contributed by atoms with Crippen LogP contribution in [0.3, 0.4) is 0 Å². The van der Waals surface area contributed by atoms with Gasteiger partial charge in [0.2, 0.25) is 0 Å². The molecule has 0 fully saturated rings. The van der Waals surface area contributed by atoms with Gasteiger partial charge < -0.3 is 10.1 Å². The zero-order valence-corrected chi connectivity index (χ0v) is 12.8. The lowest BCUT2D eigenvalue weighted by Gasteiger charge is -2.15. The SMILES string of the molecule is O=C(NCCn1nc(C(F)(F)F)c2c1CCOC2)c1ccsc1. The molecule has 23 heavy (non-hydrogen) atoms. The van der Waals surface area contributed by atoms with Crippen LogP contribution < -0.4 is 5.32 Å². The van der Waals surface area contributed by atoms with Gasteiger partial charge in [-0.1, -0.05) is 0 Å². The van der Waals surface area contributed by atoms with Crippen molar-refractivity contribution >= 4 is 17.2 Å². The number of carbonyl (C=O) groups is 1. The van der Waals surface area contributed by atoms with Crippen LogP contribution in [0.5, 0.6) is 0 Å². The highest BCUT2D eigenvalue weighted by atomic mass is 32.1. The van der Waals surface area contributed by atoms with E-state index in [-0.39, 0.29) is 31.2 Å². The minimum Gasteiger partial charge on any atom is -0.376 e. The second kappa shape index (κ2) is 6.32. The third kappa shape index (κ3) is 3.40. The van der Waals surface area contributed by atoms with Crippen molar-refractivity contribution in [2.75, 3.05) is 13.2 Å². The first-order valence-electron chi connectivity index (χ1n) is 7.00. The molecule has 0 saturated heterocycles. The lowest BCUT2D eigenvalue weighted by Crippen LogP contribution is -2.28. The Morgan fingerprint density at radius 1 is 1.48 bits per heavy atom. The molecule has 1 amide bonds. The topological polar surface area (TPSA) is 56.2 Å². The van der Waals surface area contributed by atoms with E-state index in [9.17, 15) is 18.0 Å². The zero-order valence-electron chi connectivity index (χ0n) is 12.0. The van der Waals surface area contributed by atoms with Crippen molar-refractivity contribution in [1.82, 2.24) is 15.1 Å². The Morgan fingerprint density at radius 3 is 3.00 bits per heavy atom. The molecule has 2 aromatic heterocycles. The maximum Gasteiger partial charge on any atom is 0.435 e. The average molecular weight is 345 g/mol. The smallest absolute Gasteiger partial charge is 0.376 e. The number of ether oxygens (including phenoxy) is 1. The average Bonchev–Trinajstić information content (AvgIpc) is 3.14. The number of nitrogens with one attached hydrogen (secondary N) is 1. The Morgan fingerprint density at radius 2 is 2.30 bits per heavy atom. The van der Waals surface area contributed by atoms with Crippen LogP contribution in [0.2, 0.25) is 0 Å². The van der Waals surface area contributed by atoms with E-state index in [0.29, 0.717) is 24.3 Å². The van der Waals surface area contributed by atoms with Crippen LogP contribution in [0.15, 0.2) is 16.8 Å². The minimum absolute atomic E-state index is 0.0779. The van der Waals surface area contributed by atoms with E-state index in [1.54, 1.807) is 16.8 Å². The number of fused-ring (bicyclic) bond motifs is 1. The molecular formula is C14H14F3N3O2S. The van der Waals surface area contributed by atoms with Crippen LogP contribution in [0.4, 0.5) is 13.2 Å². The van der Waals surface area contributed by atoms with Gasteiger partial charge in [-0.2, -0.15) is 29.6 Å². The molecule has 124 valence electrons. The fraction of sp³-hybridized carbons (Fsp3) is 0.429. The second-order valence-corrected chi connectivity index (χ2v) is 5.85. The lowest BCUT2D eigenvalue weighted by atomic mass is 10.1. The van der Waals surface area contributed by atoms with E-state index in [1.807, 2.05) is 0 Å². The van der Waals surface area contributed by atoms with Crippen molar-refractivity contribution in [2.45, 2.75) is 25.7 Å². The van der Waals surface area contributed by atoms with Crippen molar-refractivity contribution in [3.05, 3.63) is 39.3 Å². The first-order valence-corrected chi connectivity index (χ1v) is 7.95. The molecule has 0 bridgehead atoms. The molecule has 0 spiro atoms. The zero-order chi connectivity index (χ0) is 16.4. The van der Waals surface area contributed by atoms with E-state index in [4.69, 9.17) is 4.74 Å². The summed E-state index contributed by atoms with van der Waals surface area (Å²) in [6.07, 6.45) is -4.12. The first kappa shape index (κ1) is 16.0. The van der Waals surface area contributed by atoms with E-state index < -0.39 is 11.9 Å². The normalized spacial score (nSPS) is 14.6. The quantitative estimate of drug-likeness (QED) is 0.926. The fourth-order valence-electron chi connectivity index (χ4n) is 2.49. The second-order valence-electron chi connectivity index (χ2n) is 5.07. The third-order valence-corrected chi connectivity index (χ3v) is 4.24. The number of halogens is 3. The minimum atomic E-state index is -4.50. The molecule has 1 aliphatic heterocycles. The Hall–Kier alpha value is -1.87. The van der Waals surface area contributed by atoms with Gasteiger partial charge in [-0.3, -0.25) is 9.48 Å². The van der Waals surface area contributed by atoms with Crippen LogP contribution in [0, 0.1) is 0 Å². The molecule has 0 radical (unpaired) electrons. The summed E-state index contributed by atoms with van der Waals surface area (Å²) in [7, 11) is 0. The highest BCUT2D eigenvalue weighted by molar-refractivity contribution is 7.08. The molecule has 0 atom stereocenters. The predicted octanol–water partition coefficient (Wildman–Crippen LogP) is 2.47. The van der Waals surface area contributed by atoms with E-state index >= 15 is 0 Å². The number of aromatic nitrogens is 2. The number of hydrogen-bond donors (Lipinski definition) is 1. The van der Waals surface area contributed by atoms with Gasteiger partial charge in [0.15, 0.2) is 5.69 Å². The van der Waals surface area contributed by atoms with E-state index in [2.05, 4.69) is 10.4 Å². The number of thiophene rings is 1. The highest BCUT2D eigenvalue weighted by Gasteiger charge is 2.39. The summed E-state index contributed by atoms with van der Waals surface area (Å²) in [5, 5.41) is 9.87. The summed E-state index contributed by atoms with van der Waals surface area (Å²) in [5.74, 6) is -0.244. The molecule has 0 aromatic carbocycles. The van der Waals surface area contributed by atoms with Crippen molar-refractivity contribution in [1.29, 1.82) is 0 Å². The monoisotopic (exact) mass is 345 g/mol. The van der Waals surface area contributed by atoms with Crippen LogP contribution in [0.25, 0.3) is 0 Å². The third-order valence-electron chi connectivity index (χ3n) is 3.56. The number of carbonyl (C=O) groups excluding carboxylic acids is 1. The van der Waals surface area contributed by atoms with Gasteiger partial charge in [-0.05, 0) is 11.4 Å². The largest absolute Gasteiger partial charge is 0.435 e. The van der Waals surface area contributed by atoms with Crippen molar-refractivity contribution in [2.24, 2.45) is 0 Å². The summed E-state index contributed by atoms with van der Waals surface area (Å²) in [6, 6.07) is 1.69. The Kier molecular flexibility index (Phi) is 4.40.